The van der Waals surface area contributed by atoms with Crippen molar-refractivity contribution in [3.05, 3.63) is 95.3 Å². The van der Waals surface area contributed by atoms with E-state index in [1.807, 2.05) is 49.4 Å². The number of carbonyl (C=O) groups excluding carboxylic acids is 3. The first-order valence-electron chi connectivity index (χ1n) is 11.3. The van der Waals surface area contributed by atoms with Gasteiger partial charge in [-0.15, -0.1) is 0 Å². The van der Waals surface area contributed by atoms with Crippen molar-refractivity contribution in [2.45, 2.75) is 37.5 Å². The van der Waals surface area contributed by atoms with Crippen molar-refractivity contribution >= 4 is 28.9 Å². The zero-order valence-corrected chi connectivity index (χ0v) is 20.3. The van der Waals surface area contributed by atoms with Gasteiger partial charge in [0.25, 0.3) is 5.24 Å². The number of imide groups is 1. The van der Waals surface area contributed by atoms with Gasteiger partial charge in [0.15, 0.2) is 0 Å². The lowest BCUT2D eigenvalue weighted by molar-refractivity contribution is -0.121. The topological polar surface area (TPSA) is 94.6 Å². The maximum absolute atomic E-state index is 12.2. The number of ether oxygens (including phenoxy) is 2. The van der Waals surface area contributed by atoms with Crippen LogP contribution in [0.3, 0.4) is 0 Å². The molecule has 2 aromatic carbocycles. The Morgan fingerprint density at radius 2 is 1.80 bits per heavy atom. The monoisotopic (exact) mass is 490 g/mol. The summed E-state index contributed by atoms with van der Waals surface area (Å²) in [4.78, 5) is 40.2. The lowest BCUT2D eigenvalue weighted by Gasteiger charge is -2.18. The summed E-state index contributed by atoms with van der Waals surface area (Å²) in [5, 5.41) is 2.04. The highest BCUT2D eigenvalue weighted by Crippen LogP contribution is 2.35. The Morgan fingerprint density at radius 3 is 2.43 bits per heavy atom. The number of esters is 1. The van der Waals surface area contributed by atoms with E-state index in [9.17, 15) is 14.4 Å². The molecule has 1 aliphatic rings. The molecule has 7 nitrogen and oxygen atoms in total. The van der Waals surface area contributed by atoms with Crippen molar-refractivity contribution in [2.24, 2.45) is 0 Å². The van der Waals surface area contributed by atoms with Crippen LogP contribution in [0.25, 0.3) is 0 Å². The van der Waals surface area contributed by atoms with Crippen LogP contribution in [0.15, 0.2) is 72.9 Å². The SMILES string of the molecule is CC(OC(=O)c1ccccc1)c1ccc(CCOc2ccc(C[C@]3(C)SC(=O)NC3=O)cc2)nc1. The molecule has 1 N–H and O–H groups in total. The molecule has 8 heteroatoms. The summed E-state index contributed by atoms with van der Waals surface area (Å²) in [6.07, 6.45) is 2.39. The van der Waals surface area contributed by atoms with Crippen molar-refractivity contribution in [3.8, 4) is 5.75 Å². The predicted molar refractivity (Wildman–Crippen MR) is 133 cm³/mol. The van der Waals surface area contributed by atoms with E-state index in [0.29, 0.717) is 25.0 Å². The highest BCUT2D eigenvalue weighted by molar-refractivity contribution is 8.16. The number of nitrogens with one attached hydrogen (secondary N) is 1. The number of rotatable bonds is 9. The van der Waals surface area contributed by atoms with Gasteiger partial charge >= 0.3 is 5.97 Å². The van der Waals surface area contributed by atoms with Gasteiger partial charge in [-0.2, -0.15) is 0 Å². The van der Waals surface area contributed by atoms with Gasteiger partial charge in [0.2, 0.25) is 5.91 Å². The molecule has 2 amide bonds. The summed E-state index contributed by atoms with van der Waals surface area (Å²) < 4.78 is 10.6. The number of carbonyl (C=O) groups is 3. The molecule has 1 aromatic heterocycles. The lowest BCUT2D eigenvalue weighted by Crippen LogP contribution is -2.35. The van der Waals surface area contributed by atoms with E-state index in [-0.39, 0.29) is 17.1 Å². The summed E-state index contributed by atoms with van der Waals surface area (Å²) >= 11 is 1.03. The lowest BCUT2D eigenvalue weighted by atomic mass is 9.99. The standard InChI is InChI=1S/C27H26N2O5S/c1-18(34-24(30)20-6-4-3-5-7-20)21-10-11-22(28-17-21)14-15-33-23-12-8-19(9-13-23)16-27(2)25(31)29-26(32)35-27/h3-13,17-18H,14-16H2,1-2H3,(H,29,31,32)/t18?,27-/m0/s1. The first-order valence-corrected chi connectivity index (χ1v) is 12.1. The zero-order valence-electron chi connectivity index (χ0n) is 19.5. The smallest absolute Gasteiger partial charge is 0.338 e. The average Bonchev–Trinajstić information content (AvgIpc) is 3.11. The normalized spacial score (nSPS) is 18.1. The molecule has 1 aliphatic heterocycles. The fourth-order valence-corrected chi connectivity index (χ4v) is 4.61. The van der Waals surface area contributed by atoms with Crippen LogP contribution in [0.1, 0.15) is 47.1 Å². The van der Waals surface area contributed by atoms with E-state index in [0.717, 1.165) is 34.3 Å². The molecule has 2 heterocycles. The number of benzene rings is 2. The number of hydrogen-bond donors (Lipinski definition) is 1. The largest absolute Gasteiger partial charge is 0.493 e. The first-order chi connectivity index (χ1) is 16.8. The Labute approximate surface area is 208 Å². The van der Waals surface area contributed by atoms with E-state index < -0.39 is 10.9 Å². The molecule has 0 spiro atoms. The van der Waals surface area contributed by atoms with Crippen LogP contribution in [0.4, 0.5) is 4.79 Å². The third-order valence-electron chi connectivity index (χ3n) is 5.72. The minimum Gasteiger partial charge on any atom is -0.493 e. The summed E-state index contributed by atoms with van der Waals surface area (Å²) in [5.41, 5.74) is 3.16. The molecule has 1 fully saturated rings. The summed E-state index contributed by atoms with van der Waals surface area (Å²) in [6.45, 7) is 4.05. The number of thioether (sulfide) groups is 1. The quantitative estimate of drug-likeness (QED) is 0.426. The van der Waals surface area contributed by atoms with Gasteiger partial charge in [-0.25, -0.2) is 4.79 Å². The molecule has 35 heavy (non-hydrogen) atoms. The Kier molecular flexibility index (Phi) is 7.51. The molecule has 1 saturated heterocycles. The Bertz CT molecular complexity index is 1200. The number of hydrogen-bond acceptors (Lipinski definition) is 7. The molecule has 0 bridgehead atoms. The van der Waals surface area contributed by atoms with Gasteiger partial charge in [0.1, 0.15) is 16.6 Å². The van der Waals surface area contributed by atoms with Gasteiger partial charge in [-0.05, 0) is 67.9 Å². The highest BCUT2D eigenvalue weighted by Gasteiger charge is 2.43. The van der Waals surface area contributed by atoms with Crippen LogP contribution < -0.4 is 10.1 Å². The maximum Gasteiger partial charge on any atom is 0.338 e. The summed E-state index contributed by atoms with van der Waals surface area (Å²) in [7, 11) is 0. The predicted octanol–water partition coefficient (Wildman–Crippen LogP) is 4.91. The van der Waals surface area contributed by atoms with Gasteiger partial charge in [0, 0.05) is 23.9 Å². The van der Waals surface area contributed by atoms with E-state index in [4.69, 9.17) is 9.47 Å². The second-order valence-corrected chi connectivity index (χ2v) is 9.97. The van der Waals surface area contributed by atoms with Gasteiger partial charge in [-0.1, -0.05) is 36.4 Å². The minimum absolute atomic E-state index is 0.255. The van der Waals surface area contributed by atoms with E-state index in [1.165, 1.54) is 0 Å². The van der Waals surface area contributed by atoms with E-state index in [2.05, 4.69) is 10.3 Å². The van der Waals surface area contributed by atoms with E-state index in [1.54, 1.807) is 37.4 Å². The van der Waals surface area contributed by atoms with Crippen molar-refractivity contribution in [1.82, 2.24) is 10.3 Å². The third kappa shape index (κ3) is 6.27. The van der Waals surface area contributed by atoms with Gasteiger partial charge in [-0.3, -0.25) is 19.9 Å². The highest BCUT2D eigenvalue weighted by atomic mass is 32.2. The van der Waals surface area contributed by atoms with Crippen LogP contribution in [0.5, 0.6) is 5.75 Å². The van der Waals surface area contributed by atoms with Crippen LogP contribution in [-0.2, 0) is 22.4 Å². The molecule has 1 unspecified atom stereocenters. The number of nitrogens with zero attached hydrogens (tertiary/aromatic N) is 1. The number of amides is 2. The van der Waals surface area contributed by atoms with Gasteiger partial charge in [0.05, 0.1) is 12.2 Å². The molecular formula is C27H26N2O5S. The molecule has 4 rings (SSSR count). The van der Waals surface area contributed by atoms with Crippen molar-refractivity contribution in [3.63, 3.8) is 0 Å². The number of pyridine rings is 1. The molecule has 3 aromatic rings. The minimum atomic E-state index is -0.783. The zero-order chi connectivity index (χ0) is 24.8. The van der Waals surface area contributed by atoms with Crippen molar-refractivity contribution in [1.29, 1.82) is 0 Å². The van der Waals surface area contributed by atoms with Crippen LogP contribution >= 0.6 is 11.8 Å². The third-order valence-corrected chi connectivity index (χ3v) is 6.78. The van der Waals surface area contributed by atoms with E-state index >= 15 is 0 Å². The van der Waals surface area contributed by atoms with Gasteiger partial charge < -0.3 is 9.47 Å². The average molecular weight is 491 g/mol. The van der Waals surface area contributed by atoms with Crippen LogP contribution in [-0.4, -0.2) is 33.5 Å². The molecule has 0 radical (unpaired) electrons. The van der Waals surface area contributed by atoms with Crippen molar-refractivity contribution < 1.29 is 23.9 Å². The maximum atomic E-state index is 12.2. The fraction of sp³-hybridized carbons (Fsp3) is 0.259. The number of aromatic nitrogens is 1. The van der Waals surface area contributed by atoms with Crippen LogP contribution in [0.2, 0.25) is 0 Å². The fourth-order valence-electron chi connectivity index (χ4n) is 3.68. The van der Waals surface area contributed by atoms with Crippen molar-refractivity contribution in [2.75, 3.05) is 6.61 Å². The Morgan fingerprint density at radius 1 is 1.06 bits per heavy atom. The molecule has 2 atom stereocenters. The first kappa shape index (κ1) is 24.5. The van der Waals surface area contributed by atoms with Crippen LogP contribution in [0, 0.1) is 0 Å². The molecular weight excluding hydrogens is 464 g/mol. The molecule has 180 valence electrons. The second kappa shape index (κ2) is 10.7. The summed E-state index contributed by atoms with van der Waals surface area (Å²) in [6, 6.07) is 20.2. The Balaban J connectivity index is 1.24. The Hall–Kier alpha value is -3.65. The summed E-state index contributed by atoms with van der Waals surface area (Å²) in [5.74, 6) is 0.0983. The second-order valence-electron chi connectivity index (χ2n) is 8.49. The molecule has 0 aliphatic carbocycles. The molecule has 0 saturated carbocycles.